The van der Waals surface area contributed by atoms with Gasteiger partial charge in [-0.1, -0.05) is 22.8 Å². The Morgan fingerprint density at radius 2 is 2.20 bits per heavy atom. The fourth-order valence-corrected chi connectivity index (χ4v) is 3.89. The number of amidine groups is 1. The maximum absolute atomic E-state index is 12.6. The van der Waals surface area contributed by atoms with E-state index in [0.717, 1.165) is 12.8 Å². The molecule has 0 spiro atoms. The Balaban J connectivity index is 2.24. The molecule has 0 radical (unpaired) electrons. The molecule has 3 N–H and O–H groups in total. The lowest BCUT2D eigenvalue weighted by Crippen LogP contribution is -2.35. The molecule has 1 fully saturated rings. The van der Waals surface area contributed by atoms with E-state index in [0.29, 0.717) is 5.02 Å². The lowest BCUT2D eigenvalue weighted by atomic mass is 10.4. The predicted octanol–water partition coefficient (Wildman–Crippen LogP) is 1.63. The minimum absolute atomic E-state index is 0.00882. The summed E-state index contributed by atoms with van der Waals surface area (Å²) in [6.07, 6.45) is 1.85. The van der Waals surface area contributed by atoms with E-state index in [4.69, 9.17) is 22.5 Å². The van der Waals surface area contributed by atoms with Crippen LogP contribution in [-0.2, 0) is 10.0 Å². The van der Waals surface area contributed by atoms with Crippen molar-refractivity contribution in [1.82, 2.24) is 4.31 Å². The highest BCUT2D eigenvalue weighted by Gasteiger charge is 2.37. The Kier molecular flexibility index (Phi) is 4.52. The van der Waals surface area contributed by atoms with Crippen LogP contribution in [-0.4, -0.2) is 36.4 Å². The van der Waals surface area contributed by atoms with E-state index in [2.05, 4.69) is 5.16 Å². The van der Waals surface area contributed by atoms with Crippen LogP contribution in [0.4, 0.5) is 0 Å². The number of benzene rings is 1. The molecule has 1 aliphatic rings. The second kappa shape index (κ2) is 5.99. The first-order valence-electron chi connectivity index (χ1n) is 6.19. The van der Waals surface area contributed by atoms with Gasteiger partial charge in [-0.15, -0.1) is 0 Å². The summed E-state index contributed by atoms with van der Waals surface area (Å²) in [6, 6.07) is 6.16. The van der Waals surface area contributed by atoms with Crippen molar-refractivity contribution in [3.8, 4) is 0 Å². The molecule has 0 heterocycles. The number of nitrogens with zero attached hydrogens (tertiary/aromatic N) is 2. The van der Waals surface area contributed by atoms with Crippen molar-refractivity contribution in [2.24, 2.45) is 10.9 Å². The Labute approximate surface area is 122 Å². The third-order valence-electron chi connectivity index (χ3n) is 3.07. The van der Waals surface area contributed by atoms with Gasteiger partial charge in [0.15, 0.2) is 0 Å². The van der Waals surface area contributed by atoms with E-state index in [9.17, 15) is 8.42 Å². The number of hydrogen-bond acceptors (Lipinski definition) is 4. The minimum atomic E-state index is -3.61. The monoisotopic (exact) mass is 317 g/mol. The van der Waals surface area contributed by atoms with Crippen molar-refractivity contribution in [3.63, 3.8) is 0 Å². The summed E-state index contributed by atoms with van der Waals surface area (Å²) >= 11 is 5.85. The molecule has 1 aromatic rings. The largest absolute Gasteiger partial charge is 0.409 e. The summed E-state index contributed by atoms with van der Waals surface area (Å²) in [5.41, 5.74) is 5.41. The summed E-state index contributed by atoms with van der Waals surface area (Å²) in [7, 11) is -3.61. The summed E-state index contributed by atoms with van der Waals surface area (Å²) in [6.45, 7) is 0.190. The van der Waals surface area contributed by atoms with Gasteiger partial charge in [-0.3, -0.25) is 0 Å². The highest BCUT2D eigenvalue weighted by atomic mass is 35.5. The second-order valence-corrected chi connectivity index (χ2v) is 6.97. The lowest BCUT2D eigenvalue weighted by Gasteiger charge is -2.21. The van der Waals surface area contributed by atoms with Crippen molar-refractivity contribution >= 4 is 27.5 Å². The van der Waals surface area contributed by atoms with Gasteiger partial charge in [0.1, 0.15) is 5.84 Å². The highest BCUT2D eigenvalue weighted by molar-refractivity contribution is 7.89. The molecule has 1 aromatic carbocycles. The number of nitrogens with two attached hydrogens (primary N) is 1. The molecule has 20 heavy (non-hydrogen) atoms. The summed E-state index contributed by atoms with van der Waals surface area (Å²) in [5, 5.41) is 11.8. The zero-order valence-electron chi connectivity index (χ0n) is 10.7. The Morgan fingerprint density at radius 3 is 2.75 bits per heavy atom. The average molecular weight is 318 g/mol. The molecule has 110 valence electrons. The van der Waals surface area contributed by atoms with Gasteiger partial charge in [-0.25, -0.2) is 8.42 Å². The first kappa shape index (κ1) is 15.1. The van der Waals surface area contributed by atoms with Gasteiger partial charge >= 0.3 is 0 Å². The quantitative estimate of drug-likeness (QED) is 0.361. The summed E-state index contributed by atoms with van der Waals surface area (Å²) in [4.78, 5) is 0.163. The first-order valence-corrected chi connectivity index (χ1v) is 8.01. The Bertz CT molecular complexity index is 614. The van der Waals surface area contributed by atoms with Crippen LogP contribution in [0.25, 0.3) is 0 Å². The molecule has 8 heteroatoms. The van der Waals surface area contributed by atoms with Crippen molar-refractivity contribution in [3.05, 3.63) is 29.3 Å². The molecule has 2 rings (SSSR count). The van der Waals surface area contributed by atoms with Crippen molar-refractivity contribution in [2.75, 3.05) is 6.54 Å². The number of halogens is 1. The van der Waals surface area contributed by atoms with Gasteiger partial charge in [0.2, 0.25) is 10.0 Å². The van der Waals surface area contributed by atoms with Crippen LogP contribution in [0, 0.1) is 0 Å². The van der Waals surface area contributed by atoms with Crippen LogP contribution in [0.2, 0.25) is 5.02 Å². The average Bonchev–Trinajstić information content (AvgIpc) is 3.23. The van der Waals surface area contributed by atoms with E-state index < -0.39 is 10.0 Å². The molecule has 6 nitrogen and oxygen atoms in total. The number of sulfonamides is 1. The number of oxime groups is 1. The molecule has 0 saturated heterocycles. The number of rotatable bonds is 6. The molecular formula is C12H16ClN3O3S. The fraction of sp³-hybridized carbons (Fsp3) is 0.417. The topological polar surface area (TPSA) is 96.0 Å². The number of hydrogen-bond donors (Lipinski definition) is 2. The van der Waals surface area contributed by atoms with Crippen molar-refractivity contribution in [1.29, 1.82) is 0 Å². The normalized spacial score (nSPS) is 16.6. The van der Waals surface area contributed by atoms with E-state index in [1.807, 2.05) is 0 Å². The standard InChI is InChI=1S/C12H16ClN3O3S/c13-9-2-1-3-11(8-9)20(18,19)16(10-4-5-10)7-6-12(14)15-17/h1-3,8,10,17H,4-7H2,(H2,14,15). The smallest absolute Gasteiger partial charge is 0.243 e. The Morgan fingerprint density at radius 1 is 1.50 bits per heavy atom. The molecule has 0 aliphatic heterocycles. The molecule has 1 saturated carbocycles. The van der Waals surface area contributed by atoms with Crippen LogP contribution in [0.5, 0.6) is 0 Å². The van der Waals surface area contributed by atoms with Crippen LogP contribution >= 0.6 is 11.6 Å². The Hall–Kier alpha value is -1.31. The zero-order valence-corrected chi connectivity index (χ0v) is 12.3. The third-order valence-corrected chi connectivity index (χ3v) is 5.26. The maximum atomic E-state index is 12.6. The summed E-state index contributed by atoms with van der Waals surface area (Å²) < 4.78 is 26.6. The third kappa shape index (κ3) is 3.41. The van der Waals surface area contributed by atoms with Crippen LogP contribution in [0.3, 0.4) is 0 Å². The molecule has 0 atom stereocenters. The highest BCUT2D eigenvalue weighted by Crippen LogP contribution is 2.32. The van der Waals surface area contributed by atoms with E-state index in [1.54, 1.807) is 12.1 Å². The molecular weight excluding hydrogens is 302 g/mol. The SMILES string of the molecule is NC(CCN(C1CC1)S(=O)(=O)c1cccc(Cl)c1)=NO. The minimum Gasteiger partial charge on any atom is -0.409 e. The van der Waals surface area contributed by atoms with Crippen molar-refractivity contribution in [2.45, 2.75) is 30.2 Å². The second-order valence-electron chi connectivity index (χ2n) is 4.65. The van der Waals surface area contributed by atoms with Crippen LogP contribution in [0.1, 0.15) is 19.3 Å². The van der Waals surface area contributed by atoms with Gasteiger partial charge in [0, 0.05) is 24.0 Å². The van der Waals surface area contributed by atoms with Crippen LogP contribution < -0.4 is 5.73 Å². The lowest BCUT2D eigenvalue weighted by molar-refractivity contribution is 0.315. The van der Waals surface area contributed by atoms with Gasteiger partial charge in [0.25, 0.3) is 0 Å². The first-order chi connectivity index (χ1) is 9.45. The van der Waals surface area contributed by atoms with Crippen molar-refractivity contribution < 1.29 is 13.6 Å². The molecule has 0 bridgehead atoms. The molecule has 0 amide bonds. The van der Waals surface area contributed by atoms with Gasteiger partial charge in [-0.05, 0) is 31.0 Å². The maximum Gasteiger partial charge on any atom is 0.243 e. The zero-order chi connectivity index (χ0) is 14.8. The van der Waals surface area contributed by atoms with Gasteiger partial charge in [-0.2, -0.15) is 4.31 Å². The summed E-state index contributed by atoms with van der Waals surface area (Å²) in [5.74, 6) is 0.0111. The van der Waals surface area contributed by atoms with E-state index >= 15 is 0 Å². The van der Waals surface area contributed by atoms with E-state index in [-0.39, 0.29) is 29.7 Å². The molecule has 0 aromatic heterocycles. The predicted molar refractivity (Wildman–Crippen MR) is 76.4 cm³/mol. The molecule has 0 unspecified atom stereocenters. The van der Waals surface area contributed by atoms with Crippen LogP contribution in [0.15, 0.2) is 34.3 Å². The fourth-order valence-electron chi connectivity index (χ4n) is 1.90. The van der Waals surface area contributed by atoms with E-state index in [1.165, 1.54) is 16.4 Å². The van der Waals surface area contributed by atoms with Gasteiger partial charge in [0.05, 0.1) is 4.90 Å². The van der Waals surface area contributed by atoms with Gasteiger partial charge < -0.3 is 10.9 Å². The molecule has 1 aliphatic carbocycles.